The molecule has 1 aliphatic rings. The Hall–Kier alpha value is -2.77. The Morgan fingerprint density at radius 3 is 2.38 bits per heavy atom. The minimum Gasteiger partial charge on any atom is -0.384 e. The molecular formula is C32H48N4O2S. The van der Waals surface area contributed by atoms with Gasteiger partial charge < -0.3 is 15.5 Å². The first-order valence-corrected chi connectivity index (χ1v) is 15.3. The van der Waals surface area contributed by atoms with E-state index in [-0.39, 0.29) is 11.8 Å². The molecule has 6 nitrogen and oxygen atoms in total. The minimum atomic E-state index is 0.151. The Labute approximate surface area is 239 Å². The standard InChI is InChI=1S/C16H20N2OS.C14H22N2O.C2H6/c1-2-11-7-9-12(10-8-11)15(19)18-16-17-13-5-3-4-6-14(13)20-16;1-5-14-11(2)8-13(9-12(14)10-17)15-6-7-16(3)4;1-2/h3-6,11-12H,2,7-10H2,1H3,(H,17,18,19);8-10,15H,5-7H2,1-4H3;1-2H3. The Balaban J connectivity index is 0.000000261. The summed E-state index contributed by atoms with van der Waals surface area (Å²) in [4.78, 5) is 29.9. The van der Waals surface area contributed by atoms with Crippen molar-refractivity contribution < 1.29 is 9.59 Å². The maximum Gasteiger partial charge on any atom is 0.229 e. The third-order valence-corrected chi connectivity index (χ3v) is 8.15. The van der Waals surface area contributed by atoms with Crippen molar-refractivity contribution in [3.8, 4) is 0 Å². The molecule has 39 heavy (non-hydrogen) atoms. The van der Waals surface area contributed by atoms with Crippen LogP contribution in [0.4, 0.5) is 10.8 Å². The zero-order chi connectivity index (χ0) is 28.8. The van der Waals surface area contributed by atoms with Crippen LogP contribution >= 0.6 is 11.3 Å². The van der Waals surface area contributed by atoms with E-state index in [1.54, 1.807) is 11.3 Å². The number of aryl methyl sites for hydroxylation is 1. The first-order valence-electron chi connectivity index (χ1n) is 14.5. The van der Waals surface area contributed by atoms with Gasteiger partial charge in [-0.2, -0.15) is 0 Å². The average Bonchev–Trinajstić information content (AvgIpc) is 3.36. The van der Waals surface area contributed by atoms with Crippen LogP contribution in [0.25, 0.3) is 10.2 Å². The highest BCUT2D eigenvalue weighted by molar-refractivity contribution is 7.22. The number of carbonyl (C=O) groups excluding carboxylic acids is 2. The lowest BCUT2D eigenvalue weighted by molar-refractivity contribution is -0.121. The number of anilines is 2. The van der Waals surface area contributed by atoms with E-state index in [1.807, 2.05) is 58.3 Å². The molecule has 2 aromatic carbocycles. The fourth-order valence-corrected chi connectivity index (χ4v) is 5.79. The molecule has 0 bridgehead atoms. The highest BCUT2D eigenvalue weighted by atomic mass is 32.1. The van der Waals surface area contributed by atoms with E-state index in [0.717, 1.165) is 76.7 Å². The first kappa shape index (κ1) is 32.4. The summed E-state index contributed by atoms with van der Waals surface area (Å²) in [7, 11) is 4.09. The zero-order valence-electron chi connectivity index (χ0n) is 25.0. The molecule has 4 rings (SSSR count). The number of nitrogens with one attached hydrogen (secondary N) is 2. The van der Waals surface area contributed by atoms with E-state index in [4.69, 9.17) is 0 Å². The molecule has 3 aromatic rings. The van der Waals surface area contributed by atoms with E-state index >= 15 is 0 Å². The van der Waals surface area contributed by atoms with E-state index in [2.05, 4.69) is 47.4 Å². The van der Waals surface area contributed by atoms with Crippen molar-refractivity contribution in [2.45, 2.75) is 73.1 Å². The molecule has 0 saturated heterocycles. The maximum absolute atomic E-state index is 12.3. The van der Waals surface area contributed by atoms with Gasteiger partial charge in [0.05, 0.1) is 10.2 Å². The van der Waals surface area contributed by atoms with Gasteiger partial charge in [-0.15, -0.1) is 0 Å². The van der Waals surface area contributed by atoms with Gasteiger partial charge in [0.1, 0.15) is 6.29 Å². The molecule has 0 spiro atoms. The van der Waals surface area contributed by atoms with Crippen LogP contribution in [-0.4, -0.2) is 49.3 Å². The van der Waals surface area contributed by atoms with Gasteiger partial charge in [0.2, 0.25) is 5.91 Å². The molecular weight excluding hydrogens is 504 g/mol. The number of amides is 1. The van der Waals surface area contributed by atoms with Gasteiger partial charge in [-0.25, -0.2) is 4.98 Å². The van der Waals surface area contributed by atoms with Crippen LogP contribution in [0.3, 0.4) is 0 Å². The highest BCUT2D eigenvalue weighted by Crippen LogP contribution is 2.32. The molecule has 0 atom stereocenters. The summed E-state index contributed by atoms with van der Waals surface area (Å²) in [6, 6.07) is 12.0. The largest absolute Gasteiger partial charge is 0.384 e. The lowest BCUT2D eigenvalue weighted by Crippen LogP contribution is -2.27. The predicted octanol–water partition coefficient (Wildman–Crippen LogP) is 7.82. The van der Waals surface area contributed by atoms with Crippen molar-refractivity contribution in [3.05, 3.63) is 53.1 Å². The van der Waals surface area contributed by atoms with Crippen molar-refractivity contribution in [2.24, 2.45) is 11.8 Å². The molecule has 1 fully saturated rings. The summed E-state index contributed by atoms with van der Waals surface area (Å²) in [5.74, 6) is 1.14. The smallest absolute Gasteiger partial charge is 0.229 e. The van der Waals surface area contributed by atoms with Gasteiger partial charge in [0.25, 0.3) is 0 Å². The molecule has 214 valence electrons. The van der Waals surface area contributed by atoms with Crippen molar-refractivity contribution in [3.63, 3.8) is 0 Å². The number of likely N-dealkylation sites (N-methyl/N-ethyl adjacent to an activating group) is 1. The predicted molar refractivity (Wildman–Crippen MR) is 168 cm³/mol. The van der Waals surface area contributed by atoms with Gasteiger partial charge in [0.15, 0.2) is 5.13 Å². The number of para-hydroxylation sites is 1. The average molecular weight is 553 g/mol. The zero-order valence-corrected chi connectivity index (χ0v) is 25.8. The quantitative estimate of drug-likeness (QED) is 0.265. The molecule has 7 heteroatoms. The number of rotatable bonds is 9. The summed E-state index contributed by atoms with van der Waals surface area (Å²) in [5.41, 5.74) is 5.13. The highest BCUT2D eigenvalue weighted by Gasteiger charge is 2.26. The number of hydrogen-bond donors (Lipinski definition) is 2. The number of hydrogen-bond acceptors (Lipinski definition) is 6. The number of aromatic nitrogens is 1. The number of carbonyl (C=O) groups is 2. The number of nitrogens with zero attached hydrogens (tertiary/aromatic N) is 2. The van der Waals surface area contributed by atoms with Crippen LogP contribution in [0, 0.1) is 18.8 Å². The van der Waals surface area contributed by atoms with E-state index in [1.165, 1.54) is 24.8 Å². The van der Waals surface area contributed by atoms with Crippen molar-refractivity contribution in [2.75, 3.05) is 37.8 Å². The van der Waals surface area contributed by atoms with Crippen molar-refractivity contribution in [1.29, 1.82) is 0 Å². The normalized spacial score (nSPS) is 16.5. The molecule has 0 unspecified atom stereocenters. The third kappa shape index (κ3) is 10.0. The van der Waals surface area contributed by atoms with E-state index in [9.17, 15) is 9.59 Å². The number of fused-ring (bicyclic) bond motifs is 1. The fourth-order valence-electron chi connectivity index (χ4n) is 4.92. The maximum atomic E-state index is 12.3. The number of thiazole rings is 1. The summed E-state index contributed by atoms with van der Waals surface area (Å²) < 4.78 is 1.12. The molecule has 1 saturated carbocycles. The van der Waals surface area contributed by atoms with Crippen LogP contribution in [0.15, 0.2) is 36.4 Å². The second kappa shape index (κ2) is 17.0. The van der Waals surface area contributed by atoms with Gasteiger partial charge in [-0.05, 0) is 94.4 Å². The summed E-state index contributed by atoms with van der Waals surface area (Å²) >= 11 is 1.55. The van der Waals surface area contributed by atoms with Crippen LogP contribution in [0.2, 0.25) is 0 Å². The van der Waals surface area contributed by atoms with E-state index in [0.29, 0.717) is 0 Å². The Morgan fingerprint density at radius 2 is 1.79 bits per heavy atom. The lowest BCUT2D eigenvalue weighted by Gasteiger charge is -2.26. The Morgan fingerprint density at radius 1 is 1.10 bits per heavy atom. The van der Waals surface area contributed by atoms with E-state index < -0.39 is 0 Å². The second-order valence-electron chi connectivity index (χ2n) is 10.2. The van der Waals surface area contributed by atoms with Gasteiger partial charge in [0, 0.05) is 30.3 Å². The van der Waals surface area contributed by atoms with Crippen LogP contribution in [0.1, 0.15) is 81.3 Å². The van der Waals surface area contributed by atoms with Gasteiger partial charge in [-0.1, -0.05) is 57.6 Å². The van der Waals surface area contributed by atoms with Gasteiger partial charge in [-0.3, -0.25) is 9.59 Å². The third-order valence-electron chi connectivity index (χ3n) is 7.20. The lowest BCUT2D eigenvalue weighted by atomic mass is 9.80. The topological polar surface area (TPSA) is 74.3 Å². The molecule has 0 radical (unpaired) electrons. The Kier molecular flexibility index (Phi) is 14.2. The van der Waals surface area contributed by atoms with Crippen molar-refractivity contribution in [1.82, 2.24) is 9.88 Å². The summed E-state index contributed by atoms with van der Waals surface area (Å²) in [6.07, 6.45) is 7.51. The number of aldehydes is 1. The monoisotopic (exact) mass is 552 g/mol. The first-order chi connectivity index (χ1) is 18.8. The summed E-state index contributed by atoms with van der Waals surface area (Å²) in [6.45, 7) is 12.2. The second-order valence-corrected chi connectivity index (χ2v) is 11.2. The molecule has 1 amide bonds. The summed E-state index contributed by atoms with van der Waals surface area (Å²) in [5, 5.41) is 7.08. The molecule has 2 N–H and O–H groups in total. The number of benzene rings is 2. The van der Waals surface area contributed by atoms with Crippen LogP contribution < -0.4 is 10.6 Å². The van der Waals surface area contributed by atoms with Crippen molar-refractivity contribution >= 4 is 44.6 Å². The Bertz CT molecular complexity index is 1130. The van der Waals surface area contributed by atoms with Crippen LogP contribution in [-0.2, 0) is 11.2 Å². The molecule has 0 aliphatic heterocycles. The van der Waals surface area contributed by atoms with Crippen LogP contribution in [0.5, 0.6) is 0 Å². The molecule has 1 aliphatic carbocycles. The SMILES string of the molecule is CC.CCC1CCC(C(=O)Nc2nc3ccccc3s2)CC1.CCc1c(C)cc(NCCN(C)C)cc1C=O. The fraction of sp³-hybridized carbons (Fsp3) is 0.531. The molecule has 1 heterocycles. The molecule has 1 aromatic heterocycles. The van der Waals surface area contributed by atoms with Gasteiger partial charge >= 0.3 is 0 Å². The minimum absolute atomic E-state index is 0.151.